The molecule has 0 fully saturated rings. The molecular weight excluding hydrogens is 360 g/mol. The number of phenols is 3. The van der Waals surface area contributed by atoms with E-state index in [2.05, 4.69) is 26.5 Å². The number of halogens is 1. The fourth-order valence-electron chi connectivity index (χ4n) is 1.50. The monoisotopic (exact) mass is 370 g/mol. The van der Waals surface area contributed by atoms with Crippen LogP contribution in [0, 0.1) is 0 Å². The summed E-state index contributed by atoms with van der Waals surface area (Å²) >= 11 is 4.81. The molecule has 6 nitrogen and oxygen atoms in total. The van der Waals surface area contributed by atoms with Crippen LogP contribution in [0.1, 0.15) is 22.2 Å². The van der Waals surface area contributed by atoms with Crippen molar-refractivity contribution in [1.29, 1.82) is 0 Å². The molecule has 1 aromatic carbocycles. The minimum Gasteiger partial charge on any atom is -0.504 e. The molecule has 1 aromatic heterocycles. The second-order valence-electron chi connectivity index (χ2n) is 4.11. The Labute approximate surface area is 132 Å². The average molecular weight is 371 g/mol. The number of carbonyl (C=O) groups excluding carboxylic acids is 1. The van der Waals surface area contributed by atoms with Gasteiger partial charge in [0.1, 0.15) is 0 Å². The van der Waals surface area contributed by atoms with E-state index >= 15 is 0 Å². The molecule has 0 unspecified atom stereocenters. The Morgan fingerprint density at radius 1 is 1.24 bits per heavy atom. The molecule has 110 valence electrons. The number of nitrogens with zero attached hydrogens (tertiary/aromatic N) is 1. The summed E-state index contributed by atoms with van der Waals surface area (Å²) in [5.41, 5.74) is 2.91. The molecule has 0 saturated carbocycles. The van der Waals surface area contributed by atoms with Crippen molar-refractivity contribution in [2.75, 3.05) is 0 Å². The summed E-state index contributed by atoms with van der Waals surface area (Å²) in [6, 6.07) is 5.81. The Morgan fingerprint density at radius 3 is 2.38 bits per heavy atom. The van der Waals surface area contributed by atoms with Crippen LogP contribution in [0.3, 0.4) is 0 Å². The average Bonchev–Trinajstić information content (AvgIpc) is 2.87. The topological polar surface area (TPSA) is 102 Å². The third kappa shape index (κ3) is 3.53. The smallest absolute Gasteiger partial charge is 0.271 e. The maximum atomic E-state index is 11.9. The van der Waals surface area contributed by atoms with Crippen molar-refractivity contribution in [1.82, 2.24) is 5.43 Å². The summed E-state index contributed by atoms with van der Waals surface area (Å²) in [6.07, 6.45) is 0. The van der Waals surface area contributed by atoms with Crippen LogP contribution in [0.15, 0.2) is 33.2 Å². The lowest BCUT2D eigenvalue weighted by Gasteiger charge is -2.05. The van der Waals surface area contributed by atoms with E-state index in [1.165, 1.54) is 11.3 Å². The number of phenolic OH excluding ortho intramolecular Hbond substituents is 3. The number of aromatic hydroxyl groups is 3. The van der Waals surface area contributed by atoms with Crippen molar-refractivity contribution in [3.05, 3.63) is 38.5 Å². The number of hydrogen-bond donors (Lipinski definition) is 4. The number of nitrogens with one attached hydrogen (secondary N) is 1. The van der Waals surface area contributed by atoms with Crippen LogP contribution in [0.25, 0.3) is 0 Å². The second-order valence-corrected chi connectivity index (χ2v) is 6.57. The molecule has 8 heteroatoms. The number of carbonyl (C=O) groups is 1. The number of hydrogen-bond acceptors (Lipinski definition) is 6. The van der Waals surface area contributed by atoms with E-state index in [9.17, 15) is 20.1 Å². The van der Waals surface area contributed by atoms with Gasteiger partial charge < -0.3 is 15.3 Å². The second kappa shape index (κ2) is 6.15. The molecule has 2 aromatic rings. The highest BCUT2D eigenvalue weighted by Crippen LogP contribution is 2.35. The maximum Gasteiger partial charge on any atom is 0.271 e. The van der Waals surface area contributed by atoms with Crippen LogP contribution in [0.5, 0.6) is 17.2 Å². The van der Waals surface area contributed by atoms with Crippen molar-refractivity contribution in [3.63, 3.8) is 0 Å². The highest BCUT2D eigenvalue weighted by atomic mass is 79.9. The summed E-state index contributed by atoms with van der Waals surface area (Å²) in [5, 5.41) is 31.9. The van der Waals surface area contributed by atoms with E-state index in [1.54, 1.807) is 6.92 Å². The van der Waals surface area contributed by atoms with Gasteiger partial charge in [0.15, 0.2) is 17.2 Å². The van der Waals surface area contributed by atoms with Crippen LogP contribution in [-0.2, 0) is 0 Å². The van der Waals surface area contributed by atoms with Gasteiger partial charge in [0.2, 0.25) is 0 Å². The lowest BCUT2D eigenvalue weighted by Crippen LogP contribution is -2.19. The summed E-state index contributed by atoms with van der Waals surface area (Å²) < 4.78 is 0.951. The Bertz CT molecular complexity index is 704. The van der Waals surface area contributed by atoms with Crippen molar-refractivity contribution < 1.29 is 20.1 Å². The van der Waals surface area contributed by atoms with Gasteiger partial charge in [-0.15, -0.1) is 11.3 Å². The van der Waals surface area contributed by atoms with Gasteiger partial charge in [-0.3, -0.25) is 4.79 Å². The predicted molar refractivity (Wildman–Crippen MR) is 83.1 cm³/mol. The summed E-state index contributed by atoms with van der Waals surface area (Å²) in [7, 11) is 0. The Hall–Kier alpha value is -2.06. The van der Waals surface area contributed by atoms with Gasteiger partial charge >= 0.3 is 0 Å². The molecule has 0 aliphatic heterocycles. The van der Waals surface area contributed by atoms with E-state index in [-0.39, 0.29) is 5.56 Å². The van der Waals surface area contributed by atoms with Crippen LogP contribution >= 0.6 is 27.3 Å². The highest BCUT2D eigenvalue weighted by Gasteiger charge is 2.13. The van der Waals surface area contributed by atoms with E-state index in [0.717, 1.165) is 20.8 Å². The first kappa shape index (κ1) is 15.3. The van der Waals surface area contributed by atoms with Crippen molar-refractivity contribution in [2.24, 2.45) is 5.10 Å². The minimum atomic E-state index is -0.672. The largest absolute Gasteiger partial charge is 0.504 e. The summed E-state index contributed by atoms with van der Waals surface area (Å²) in [6.45, 7) is 1.74. The lowest BCUT2D eigenvalue weighted by atomic mass is 10.2. The van der Waals surface area contributed by atoms with Crippen LogP contribution in [-0.4, -0.2) is 26.9 Å². The minimum absolute atomic E-state index is 0.0216. The van der Waals surface area contributed by atoms with Crippen molar-refractivity contribution in [3.8, 4) is 17.2 Å². The molecule has 0 bridgehead atoms. The molecular formula is C13H11BrN2O4S. The molecule has 0 radical (unpaired) electrons. The van der Waals surface area contributed by atoms with Gasteiger partial charge in [0, 0.05) is 5.56 Å². The van der Waals surface area contributed by atoms with Crippen molar-refractivity contribution in [2.45, 2.75) is 6.92 Å². The van der Waals surface area contributed by atoms with Crippen molar-refractivity contribution >= 4 is 38.9 Å². The van der Waals surface area contributed by atoms with Gasteiger partial charge in [-0.1, -0.05) is 0 Å². The first-order chi connectivity index (χ1) is 9.88. The first-order valence-corrected chi connectivity index (χ1v) is 7.34. The fraction of sp³-hybridized carbons (Fsp3) is 0.0769. The Morgan fingerprint density at radius 2 is 1.86 bits per heavy atom. The van der Waals surface area contributed by atoms with Gasteiger partial charge in [0.25, 0.3) is 5.91 Å². The highest BCUT2D eigenvalue weighted by molar-refractivity contribution is 9.11. The first-order valence-electron chi connectivity index (χ1n) is 5.73. The maximum absolute atomic E-state index is 11.9. The van der Waals surface area contributed by atoms with E-state index < -0.39 is 23.2 Å². The molecule has 21 heavy (non-hydrogen) atoms. The van der Waals surface area contributed by atoms with Crippen LogP contribution in [0.2, 0.25) is 0 Å². The molecule has 0 aliphatic rings. The number of rotatable bonds is 3. The standard InChI is InChI=1S/C13H11BrN2O4S/c1-6(10-2-3-11(14)21-10)15-16-13(20)7-4-8(17)12(19)9(18)5-7/h2-5,17-19H,1H3,(H,16,20)/b15-6-. The third-order valence-corrected chi connectivity index (χ3v) is 4.32. The van der Waals surface area contributed by atoms with Gasteiger partial charge in [-0.2, -0.15) is 5.10 Å². The Balaban J connectivity index is 2.15. The zero-order valence-corrected chi connectivity index (χ0v) is 13.2. The third-order valence-electron chi connectivity index (χ3n) is 2.59. The molecule has 1 heterocycles. The number of thiophene rings is 1. The number of amides is 1. The SMILES string of the molecule is C/C(=N/NC(=O)c1cc(O)c(O)c(O)c1)c1ccc(Br)s1. The van der Waals surface area contributed by atoms with E-state index in [0.29, 0.717) is 5.71 Å². The zero-order chi connectivity index (χ0) is 15.6. The molecule has 0 saturated heterocycles. The van der Waals surface area contributed by atoms with Gasteiger partial charge in [0.05, 0.1) is 14.4 Å². The molecule has 4 N–H and O–H groups in total. The van der Waals surface area contributed by atoms with Gasteiger partial charge in [-0.25, -0.2) is 5.43 Å². The molecule has 1 amide bonds. The van der Waals surface area contributed by atoms with Crippen LogP contribution in [0.4, 0.5) is 0 Å². The lowest BCUT2D eigenvalue weighted by molar-refractivity contribution is 0.0954. The summed E-state index contributed by atoms with van der Waals surface area (Å²) in [4.78, 5) is 12.8. The molecule has 2 rings (SSSR count). The van der Waals surface area contributed by atoms with E-state index in [4.69, 9.17) is 0 Å². The normalized spacial score (nSPS) is 11.4. The number of benzene rings is 1. The van der Waals surface area contributed by atoms with Crippen LogP contribution < -0.4 is 5.43 Å². The fourth-order valence-corrected chi connectivity index (χ4v) is 2.83. The Kier molecular flexibility index (Phi) is 4.49. The van der Waals surface area contributed by atoms with E-state index in [1.807, 2.05) is 12.1 Å². The molecule has 0 aliphatic carbocycles. The zero-order valence-electron chi connectivity index (χ0n) is 10.8. The molecule has 0 atom stereocenters. The predicted octanol–water partition coefficient (Wildman–Crippen LogP) is 2.78. The quantitative estimate of drug-likeness (QED) is 0.379. The molecule has 0 spiro atoms. The van der Waals surface area contributed by atoms with Gasteiger partial charge in [-0.05, 0) is 47.1 Å². The summed E-state index contributed by atoms with van der Waals surface area (Å²) in [5.74, 6) is -2.45. The number of hydrazone groups is 1.